The van der Waals surface area contributed by atoms with Crippen LogP contribution in [-0.2, 0) is 4.74 Å². The Kier molecular flexibility index (Phi) is 5.65. The zero-order valence-electron chi connectivity index (χ0n) is 19.7. The molecule has 0 unspecified atom stereocenters. The molecular weight excluding hydrogens is 440 g/mol. The van der Waals surface area contributed by atoms with Crippen LogP contribution in [0.15, 0.2) is 83.5 Å². The van der Waals surface area contributed by atoms with E-state index in [1.807, 2.05) is 38.1 Å². The molecule has 2 atom stereocenters. The molecule has 0 amide bonds. The first-order valence-corrected chi connectivity index (χ1v) is 11.4. The molecule has 35 heavy (non-hydrogen) atoms. The van der Waals surface area contributed by atoms with Crippen LogP contribution in [0, 0.1) is 25.7 Å². The molecule has 2 aliphatic rings. The minimum absolute atomic E-state index is 0.0255. The van der Waals surface area contributed by atoms with E-state index in [1.165, 1.54) is 7.11 Å². The normalized spacial score (nSPS) is 18.9. The van der Waals surface area contributed by atoms with Gasteiger partial charge in [-0.05, 0) is 56.3 Å². The number of esters is 1. The predicted octanol–water partition coefficient (Wildman–Crippen LogP) is 5.06. The van der Waals surface area contributed by atoms with Gasteiger partial charge in [0, 0.05) is 40.0 Å². The van der Waals surface area contributed by atoms with Crippen molar-refractivity contribution in [2.45, 2.75) is 13.8 Å². The fourth-order valence-corrected chi connectivity index (χ4v) is 4.84. The summed E-state index contributed by atoms with van der Waals surface area (Å²) in [5.41, 5.74) is 6.00. The van der Waals surface area contributed by atoms with Crippen LogP contribution in [-0.4, -0.2) is 35.4 Å². The van der Waals surface area contributed by atoms with E-state index in [9.17, 15) is 14.4 Å². The van der Waals surface area contributed by atoms with Gasteiger partial charge in [0.15, 0.2) is 11.6 Å². The second kappa shape index (κ2) is 8.80. The van der Waals surface area contributed by atoms with Crippen LogP contribution in [0.1, 0.15) is 48.0 Å². The van der Waals surface area contributed by atoms with Crippen molar-refractivity contribution in [3.63, 3.8) is 0 Å². The van der Waals surface area contributed by atoms with Crippen LogP contribution in [0.5, 0.6) is 0 Å². The number of carbonyl (C=O) groups excluding carboxylic acids is 3. The highest BCUT2D eigenvalue weighted by Crippen LogP contribution is 2.35. The number of Topliss-reactive ketones (excluding diaryl/α,β-unsaturated/α-hetero) is 2. The molecule has 0 saturated heterocycles. The SMILES string of the molecule is COC(=O)c1ccc(-n2c(C)cc(C=NC3=C[C@@H]4C(=O)c5ccccc5C(=O)[C@H]4C=C3)c2C)cc1. The van der Waals surface area contributed by atoms with E-state index in [0.717, 1.165) is 22.6 Å². The molecule has 0 fully saturated rings. The molecule has 3 aromatic rings. The monoisotopic (exact) mass is 464 g/mol. The highest BCUT2D eigenvalue weighted by atomic mass is 16.5. The maximum absolute atomic E-state index is 13.0. The second-order valence-corrected chi connectivity index (χ2v) is 8.73. The van der Waals surface area contributed by atoms with Crippen LogP contribution < -0.4 is 0 Å². The maximum Gasteiger partial charge on any atom is 0.337 e. The minimum atomic E-state index is -0.532. The molecule has 0 aliphatic heterocycles. The molecule has 2 aliphatic carbocycles. The lowest BCUT2D eigenvalue weighted by molar-refractivity contribution is 0.0600. The van der Waals surface area contributed by atoms with Crippen LogP contribution in [0.3, 0.4) is 0 Å². The zero-order chi connectivity index (χ0) is 24.7. The summed E-state index contributed by atoms with van der Waals surface area (Å²) in [5.74, 6) is -1.45. The van der Waals surface area contributed by atoms with Gasteiger partial charge in [0.05, 0.1) is 30.2 Å². The zero-order valence-corrected chi connectivity index (χ0v) is 19.7. The van der Waals surface area contributed by atoms with Crippen molar-refractivity contribution in [2.24, 2.45) is 16.8 Å². The van der Waals surface area contributed by atoms with Gasteiger partial charge in [-0.25, -0.2) is 4.79 Å². The van der Waals surface area contributed by atoms with Gasteiger partial charge >= 0.3 is 5.97 Å². The van der Waals surface area contributed by atoms with Gasteiger partial charge in [0.1, 0.15) is 0 Å². The third kappa shape index (κ3) is 3.87. The highest BCUT2D eigenvalue weighted by molar-refractivity contribution is 6.17. The van der Waals surface area contributed by atoms with Crippen LogP contribution in [0.2, 0.25) is 0 Å². The van der Waals surface area contributed by atoms with E-state index in [1.54, 1.807) is 54.8 Å². The fourth-order valence-electron chi connectivity index (χ4n) is 4.84. The number of methoxy groups -OCH3 is 1. The Labute approximate surface area is 203 Å². The lowest BCUT2D eigenvalue weighted by Crippen LogP contribution is -2.35. The summed E-state index contributed by atoms with van der Waals surface area (Å²) in [7, 11) is 1.36. The van der Waals surface area contributed by atoms with Crippen molar-refractivity contribution in [1.82, 2.24) is 4.57 Å². The van der Waals surface area contributed by atoms with Gasteiger partial charge in [-0.3, -0.25) is 14.6 Å². The number of hydrogen-bond donors (Lipinski definition) is 0. The van der Waals surface area contributed by atoms with Gasteiger partial charge in [-0.15, -0.1) is 0 Å². The van der Waals surface area contributed by atoms with E-state index in [-0.39, 0.29) is 17.5 Å². The molecule has 1 aromatic heterocycles. The fraction of sp³-hybridized carbons (Fsp3) is 0.172. The standard InChI is InChI=1S/C29H24N2O4/c1-17-14-20(18(2)31(17)22-11-8-19(9-12-22)29(34)35-3)16-30-21-10-13-25-26(15-21)28(33)24-7-5-4-6-23(24)27(25)32/h4-16,25-26H,1-3H3/t25-,26-/m0/s1. The molecule has 0 saturated carbocycles. The van der Waals surface area contributed by atoms with Crippen molar-refractivity contribution < 1.29 is 19.1 Å². The number of aromatic nitrogens is 1. The lowest BCUT2D eigenvalue weighted by Gasteiger charge is -2.28. The highest BCUT2D eigenvalue weighted by Gasteiger charge is 2.40. The van der Waals surface area contributed by atoms with E-state index in [2.05, 4.69) is 9.56 Å². The summed E-state index contributed by atoms with van der Waals surface area (Å²) in [5, 5.41) is 0. The number of hydrogen-bond acceptors (Lipinski definition) is 5. The molecule has 6 nitrogen and oxygen atoms in total. The summed E-state index contributed by atoms with van der Waals surface area (Å²) < 4.78 is 6.86. The number of nitrogens with zero attached hydrogens (tertiary/aromatic N) is 2. The lowest BCUT2D eigenvalue weighted by atomic mass is 9.72. The van der Waals surface area contributed by atoms with Gasteiger partial charge < -0.3 is 9.30 Å². The van der Waals surface area contributed by atoms with E-state index in [0.29, 0.717) is 22.4 Å². The number of carbonyl (C=O) groups is 3. The average Bonchev–Trinajstić information content (AvgIpc) is 3.18. The first-order valence-electron chi connectivity index (χ1n) is 11.4. The summed E-state index contributed by atoms with van der Waals surface area (Å²) in [6, 6.07) is 16.3. The maximum atomic E-state index is 13.0. The summed E-state index contributed by atoms with van der Waals surface area (Å²) in [4.78, 5) is 42.3. The number of aliphatic imine (C=N–C) groups is 1. The number of ether oxygens (including phenoxy) is 1. The van der Waals surface area contributed by atoms with Crippen LogP contribution in [0.4, 0.5) is 0 Å². The quantitative estimate of drug-likeness (QED) is 0.399. The van der Waals surface area contributed by atoms with Gasteiger partial charge in [0.25, 0.3) is 0 Å². The van der Waals surface area contributed by atoms with Crippen LogP contribution in [0.25, 0.3) is 5.69 Å². The van der Waals surface area contributed by atoms with Crippen molar-refractivity contribution in [2.75, 3.05) is 7.11 Å². The Morgan fingerprint density at radius 3 is 2.29 bits per heavy atom. The first kappa shape index (κ1) is 22.5. The molecular formula is C29H24N2O4. The topological polar surface area (TPSA) is 77.7 Å². The van der Waals surface area contributed by atoms with Crippen LogP contribution >= 0.6 is 0 Å². The van der Waals surface area contributed by atoms with Gasteiger partial charge in [-0.2, -0.15) is 0 Å². The number of ketones is 2. The number of allylic oxidation sites excluding steroid dienone is 3. The third-order valence-corrected chi connectivity index (χ3v) is 6.64. The van der Waals surface area contributed by atoms with Crippen molar-refractivity contribution in [1.29, 1.82) is 0 Å². The summed E-state index contributed by atoms with van der Waals surface area (Å²) in [6.07, 6.45) is 7.17. The second-order valence-electron chi connectivity index (χ2n) is 8.73. The Morgan fingerprint density at radius 2 is 1.63 bits per heavy atom. The number of aryl methyl sites for hydroxylation is 1. The van der Waals surface area contributed by atoms with Gasteiger partial charge in [-0.1, -0.05) is 30.3 Å². The Bertz CT molecular complexity index is 1450. The molecule has 0 radical (unpaired) electrons. The molecule has 0 bridgehead atoms. The van der Waals surface area contributed by atoms with Crippen molar-refractivity contribution in [3.05, 3.63) is 112 Å². The molecule has 0 spiro atoms. The summed E-state index contributed by atoms with van der Waals surface area (Å²) in [6.45, 7) is 4.01. The molecule has 174 valence electrons. The Balaban J connectivity index is 1.41. The molecule has 2 aromatic carbocycles. The molecule has 6 heteroatoms. The Hall–Kier alpha value is -4.32. The molecule has 5 rings (SSSR count). The molecule has 0 N–H and O–H groups in total. The average molecular weight is 465 g/mol. The number of benzene rings is 2. The largest absolute Gasteiger partial charge is 0.465 e. The van der Waals surface area contributed by atoms with E-state index >= 15 is 0 Å². The number of fused-ring (bicyclic) bond motifs is 2. The summed E-state index contributed by atoms with van der Waals surface area (Å²) >= 11 is 0. The Morgan fingerprint density at radius 1 is 0.971 bits per heavy atom. The van der Waals surface area contributed by atoms with Gasteiger partial charge in [0.2, 0.25) is 0 Å². The van der Waals surface area contributed by atoms with E-state index in [4.69, 9.17) is 4.74 Å². The number of rotatable bonds is 4. The minimum Gasteiger partial charge on any atom is -0.465 e. The van der Waals surface area contributed by atoms with E-state index < -0.39 is 11.8 Å². The van der Waals surface area contributed by atoms with Crippen molar-refractivity contribution in [3.8, 4) is 5.69 Å². The van der Waals surface area contributed by atoms with Crippen molar-refractivity contribution >= 4 is 23.8 Å². The third-order valence-electron chi connectivity index (χ3n) is 6.64. The predicted molar refractivity (Wildman–Crippen MR) is 133 cm³/mol. The molecule has 1 heterocycles. The first-order chi connectivity index (χ1) is 16.9. The smallest absolute Gasteiger partial charge is 0.337 e.